The number of likely N-dealkylation sites (N-methyl/N-ethyl adjacent to an activating group) is 1. The molecule has 1 amide bonds. The highest BCUT2D eigenvalue weighted by atomic mass is 19.4. The van der Waals surface area contributed by atoms with Gasteiger partial charge in [-0.1, -0.05) is 12.1 Å². The van der Waals surface area contributed by atoms with Crippen LogP contribution in [0.3, 0.4) is 0 Å². The number of hydrogen-bond acceptors (Lipinski definition) is 8. The number of pyridine rings is 1. The van der Waals surface area contributed by atoms with Gasteiger partial charge in [0.05, 0.1) is 11.1 Å². The van der Waals surface area contributed by atoms with Crippen molar-refractivity contribution < 1.29 is 22.7 Å². The number of carbonyl (C=O) groups excluding carboxylic acids is 1. The Labute approximate surface area is 252 Å². The summed E-state index contributed by atoms with van der Waals surface area (Å²) < 4.78 is 48.1. The zero-order valence-electron chi connectivity index (χ0n) is 24.2. The lowest BCUT2D eigenvalue weighted by Gasteiger charge is -2.33. The summed E-state index contributed by atoms with van der Waals surface area (Å²) in [6, 6.07) is 13.5. The molecule has 1 aromatic heterocycles. The van der Waals surface area contributed by atoms with Gasteiger partial charge < -0.3 is 20.3 Å². The molecule has 228 valence electrons. The molecule has 3 heterocycles. The van der Waals surface area contributed by atoms with E-state index in [9.17, 15) is 18.0 Å². The van der Waals surface area contributed by atoms with Crippen molar-refractivity contribution in [3.05, 3.63) is 101 Å². The van der Waals surface area contributed by atoms with E-state index in [0.29, 0.717) is 29.9 Å². The predicted octanol–water partition coefficient (Wildman–Crippen LogP) is 4.42. The third-order valence-electron chi connectivity index (χ3n) is 7.11. The lowest BCUT2D eigenvalue weighted by atomic mass is 10.0. The van der Waals surface area contributed by atoms with E-state index in [2.05, 4.69) is 30.5 Å². The van der Waals surface area contributed by atoms with E-state index in [-0.39, 0.29) is 41.0 Å². The van der Waals surface area contributed by atoms with Gasteiger partial charge >= 0.3 is 6.18 Å². The van der Waals surface area contributed by atoms with E-state index in [1.165, 1.54) is 24.4 Å². The fourth-order valence-electron chi connectivity index (χ4n) is 4.75. The molecule has 2 aromatic carbocycles. The summed E-state index contributed by atoms with van der Waals surface area (Å²) >= 11 is 0. The summed E-state index contributed by atoms with van der Waals surface area (Å²) in [6.45, 7) is 3.07. The second-order valence-electron chi connectivity index (χ2n) is 10.3. The Kier molecular flexibility index (Phi) is 9.16. The molecule has 0 saturated carbocycles. The maximum Gasteiger partial charge on any atom is 0.416 e. The molecule has 1 fully saturated rings. The monoisotopic (exact) mass is 604 g/mol. The number of nitrogens with one attached hydrogen (secondary N) is 3. The second-order valence-corrected chi connectivity index (χ2v) is 10.3. The lowest BCUT2D eigenvalue weighted by molar-refractivity contribution is -0.138. The zero-order chi connectivity index (χ0) is 31.3. The Hall–Kier alpha value is -4.88. The topological polar surface area (TPSA) is 118 Å². The second kappa shape index (κ2) is 13.2. The van der Waals surface area contributed by atoms with Crippen LogP contribution in [-0.2, 0) is 12.7 Å². The minimum atomic E-state index is -4.61. The summed E-state index contributed by atoms with van der Waals surface area (Å²) in [5.74, 6) is -0.122. The number of amides is 1. The van der Waals surface area contributed by atoms with Crippen molar-refractivity contribution in [2.24, 2.45) is 9.98 Å². The number of piperazine rings is 1. The van der Waals surface area contributed by atoms with Crippen LogP contribution in [0.1, 0.15) is 27.0 Å². The first-order chi connectivity index (χ1) is 21.1. The van der Waals surface area contributed by atoms with Gasteiger partial charge in [0.25, 0.3) is 5.91 Å². The molecule has 10 nitrogen and oxygen atoms in total. The predicted molar refractivity (Wildman–Crippen MR) is 162 cm³/mol. The fraction of sp³-hybridized carbons (Fsp3) is 0.258. The molecule has 2 aliphatic rings. The van der Waals surface area contributed by atoms with E-state index in [1.54, 1.807) is 49.8 Å². The molecular weight excluding hydrogens is 573 g/mol. The van der Waals surface area contributed by atoms with Crippen molar-refractivity contribution in [2.75, 3.05) is 45.6 Å². The minimum absolute atomic E-state index is 0.0721. The minimum Gasteiger partial charge on any atom is -0.438 e. The van der Waals surface area contributed by atoms with Crippen molar-refractivity contribution >= 4 is 29.2 Å². The van der Waals surface area contributed by atoms with Gasteiger partial charge in [-0.05, 0) is 49.0 Å². The normalized spacial score (nSPS) is 17.2. The van der Waals surface area contributed by atoms with Crippen LogP contribution in [0.25, 0.3) is 0 Å². The molecule has 5 rings (SSSR count). The number of alkyl halides is 3. The number of aromatic nitrogens is 1. The molecule has 13 heteroatoms. The summed E-state index contributed by atoms with van der Waals surface area (Å²) in [5.41, 5.74) is 0.436. The molecule has 1 saturated heterocycles. The molecule has 0 aliphatic carbocycles. The van der Waals surface area contributed by atoms with Crippen LogP contribution in [0.4, 0.5) is 18.9 Å². The average Bonchev–Trinajstić information content (AvgIpc) is 3.00. The Morgan fingerprint density at radius 3 is 2.50 bits per heavy atom. The highest BCUT2D eigenvalue weighted by molar-refractivity contribution is 6.30. The van der Waals surface area contributed by atoms with Gasteiger partial charge in [0.1, 0.15) is 5.75 Å². The molecule has 0 spiro atoms. The molecule has 0 bridgehead atoms. The van der Waals surface area contributed by atoms with Gasteiger partial charge in [0.15, 0.2) is 11.7 Å². The molecule has 2 aliphatic heterocycles. The first kappa shape index (κ1) is 30.6. The van der Waals surface area contributed by atoms with Crippen LogP contribution in [-0.4, -0.2) is 78.5 Å². The summed E-state index contributed by atoms with van der Waals surface area (Å²) in [7, 11) is 3.65. The number of nitrogens with zero attached hydrogens (tertiary/aromatic N) is 5. The number of amidine groups is 2. The lowest BCUT2D eigenvalue weighted by Crippen LogP contribution is -2.44. The van der Waals surface area contributed by atoms with Gasteiger partial charge in [-0.15, -0.1) is 0 Å². The molecular formula is C31H31F3N8O2. The van der Waals surface area contributed by atoms with Crippen molar-refractivity contribution in [1.29, 1.82) is 5.41 Å². The Balaban J connectivity index is 1.34. The van der Waals surface area contributed by atoms with E-state index in [4.69, 9.17) is 10.1 Å². The molecule has 3 aromatic rings. The van der Waals surface area contributed by atoms with Gasteiger partial charge in [0.2, 0.25) is 5.90 Å². The van der Waals surface area contributed by atoms with Crippen molar-refractivity contribution in [1.82, 2.24) is 20.1 Å². The van der Waals surface area contributed by atoms with Crippen LogP contribution in [0.15, 0.2) is 88.7 Å². The smallest absolute Gasteiger partial charge is 0.416 e. The van der Waals surface area contributed by atoms with E-state index >= 15 is 0 Å². The molecule has 44 heavy (non-hydrogen) atoms. The highest BCUT2D eigenvalue weighted by Gasteiger charge is 2.34. The highest BCUT2D eigenvalue weighted by Crippen LogP contribution is 2.34. The number of halogens is 3. The third-order valence-corrected chi connectivity index (χ3v) is 7.11. The first-order valence-corrected chi connectivity index (χ1v) is 13.9. The summed E-state index contributed by atoms with van der Waals surface area (Å²) in [5, 5.41) is 13.9. The number of benzene rings is 2. The number of hydrogen-bond donors (Lipinski definition) is 3. The van der Waals surface area contributed by atoms with Crippen molar-refractivity contribution in [3.8, 4) is 5.75 Å². The number of anilines is 1. The van der Waals surface area contributed by atoms with Crippen LogP contribution in [0.5, 0.6) is 5.75 Å². The summed E-state index contributed by atoms with van der Waals surface area (Å²) in [6.07, 6.45) is 0.0887. The average molecular weight is 605 g/mol. The fourth-order valence-corrected chi connectivity index (χ4v) is 4.75. The molecule has 0 unspecified atom stereocenters. The van der Waals surface area contributed by atoms with Gasteiger partial charge in [-0.2, -0.15) is 18.2 Å². The Morgan fingerprint density at radius 2 is 1.80 bits per heavy atom. The van der Waals surface area contributed by atoms with E-state index in [1.807, 2.05) is 11.9 Å². The first-order valence-electron chi connectivity index (χ1n) is 13.9. The van der Waals surface area contributed by atoms with Crippen LogP contribution < -0.4 is 15.4 Å². The maximum absolute atomic E-state index is 14.0. The van der Waals surface area contributed by atoms with E-state index in [0.717, 1.165) is 19.2 Å². The quantitative estimate of drug-likeness (QED) is 0.368. The van der Waals surface area contributed by atoms with Crippen molar-refractivity contribution in [3.63, 3.8) is 0 Å². The zero-order valence-corrected chi connectivity index (χ0v) is 24.2. The SMILES string of the molecule is CN/C=C1\C(=N)N=C(c2ccncc2)N=C1Oc1cccc(NC(=O)c2ccc(CN3CCN(C)CC3)c(C(F)(F)F)c2)c1. The third kappa shape index (κ3) is 7.36. The molecule has 3 N–H and O–H groups in total. The molecule has 0 radical (unpaired) electrons. The van der Waals surface area contributed by atoms with Gasteiger partial charge in [-0.3, -0.25) is 20.1 Å². The van der Waals surface area contributed by atoms with Crippen LogP contribution >= 0.6 is 0 Å². The van der Waals surface area contributed by atoms with Crippen LogP contribution in [0, 0.1) is 5.41 Å². The number of ether oxygens (including phenoxy) is 1. The number of aliphatic imine (C=N–C) groups is 2. The van der Waals surface area contributed by atoms with Gasteiger partial charge in [-0.25, -0.2) is 4.99 Å². The largest absolute Gasteiger partial charge is 0.438 e. The van der Waals surface area contributed by atoms with Crippen LogP contribution in [0.2, 0.25) is 0 Å². The standard InChI is InChI=1S/C31H31F3N8O2/c1-36-18-25-27(35)39-28(20-8-10-37-11-9-20)40-30(25)44-24-5-3-4-23(17-24)38-29(43)21-6-7-22(26(16-21)31(32,33)34)19-42-14-12-41(2)13-15-42/h3-11,16-18,35-36H,12-15,19H2,1-2H3,(H,38,43)/b25-18+,35-27?. The Bertz CT molecular complexity index is 1630. The number of carbonyl (C=O) groups is 1. The molecule has 0 atom stereocenters. The Morgan fingerprint density at radius 1 is 1.05 bits per heavy atom. The van der Waals surface area contributed by atoms with Gasteiger partial charge in [0, 0.05) is 81.2 Å². The van der Waals surface area contributed by atoms with Crippen molar-refractivity contribution in [2.45, 2.75) is 12.7 Å². The summed E-state index contributed by atoms with van der Waals surface area (Å²) in [4.78, 5) is 29.9. The van der Waals surface area contributed by atoms with E-state index < -0.39 is 17.6 Å². The number of rotatable bonds is 7. The maximum atomic E-state index is 14.0.